The Bertz CT molecular complexity index is 497. The SMILES string of the molecule is CC1(C)CC(=O)C=C(NN(C(=O)OC(C)(C)C)C2CCCC2)C1. The molecule has 0 aromatic rings. The number of amides is 1. The summed E-state index contributed by atoms with van der Waals surface area (Å²) in [4.78, 5) is 24.5. The summed E-state index contributed by atoms with van der Waals surface area (Å²) in [6.07, 6.45) is 6.76. The number of hydrogen-bond donors (Lipinski definition) is 1. The fourth-order valence-corrected chi connectivity index (χ4v) is 3.33. The summed E-state index contributed by atoms with van der Waals surface area (Å²) in [5.41, 5.74) is 3.40. The highest BCUT2D eigenvalue weighted by Crippen LogP contribution is 2.33. The molecule has 1 amide bonds. The van der Waals surface area contributed by atoms with Crippen molar-refractivity contribution in [2.45, 2.75) is 84.8 Å². The number of rotatable bonds is 3. The smallest absolute Gasteiger partial charge is 0.429 e. The van der Waals surface area contributed by atoms with Crippen LogP contribution in [-0.4, -0.2) is 28.5 Å². The van der Waals surface area contributed by atoms with E-state index in [1.54, 1.807) is 11.1 Å². The molecule has 0 aromatic carbocycles. The van der Waals surface area contributed by atoms with Crippen LogP contribution in [0.15, 0.2) is 11.8 Å². The van der Waals surface area contributed by atoms with Crippen LogP contribution < -0.4 is 5.43 Å². The number of hydrogen-bond acceptors (Lipinski definition) is 4. The van der Waals surface area contributed by atoms with Crippen molar-refractivity contribution in [3.63, 3.8) is 0 Å². The van der Waals surface area contributed by atoms with Crippen molar-refractivity contribution in [1.29, 1.82) is 0 Å². The predicted molar refractivity (Wildman–Crippen MR) is 89.6 cm³/mol. The normalized spacial score (nSPS) is 21.8. The van der Waals surface area contributed by atoms with Crippen LogP contribution in [0.4, 0.5) is 4.79 Å². The molecule has 0 bridgehead atoms. The van der Waals surface area contributed by atoms with E-state index in [4.69, 9.17) is 4.74 Å². The highest BCUT2D eigenvalue weighted by atomic mass is 16.6. The van der Waals surface area contributed by atoms with E-state index in [1.165, 1.54) is 0 Å². The van der Waals surface area contributed by atoms with Gasteiger partial charge in [0.2, 0.25) is 0 Å². The maximum Gasteiger partial charge on any atom is 0.429 e. The second-order valence-electron chi connectivity index (χ2n) is 8.55. The van der Waals surface area contributed by atoms with Crippen molar-refractivity contribution in [2.24, 2.45) is 5.41 Å². The number of hydrazine groups is 1. The number of nitrogens with zero attached hydrogens (tertiary/aromatic N) is 1. The summed E-state index contributed by atoms with van der Waals surface area (Å²) in [5.74, 6) is 0.110. The van der Waals surface area contributed by atoms with Crippen LogP contribution in [0.3, 0.4) is 0 Å². The Hall–Kier alpha value is -1.52. The van der Waals surface area contributed by atoms with Crippen molar-refractivity contribution in [1.82, 2.24) is 10.4 Å². The number of carbonyl (C=O) groups excluding carboxylic acids is 2. The topological polar surface area (TPSA) is 58.6 Å². The zero-order valence-electron chi connectivity index (χ0n) is 15.1. The van der Waals surface area contributed by atoms with Gasteiger partial charge < -0.3 is 4.74 Å². The van der Waals surface area contributed by atoms with E-state index < -0.39 is 5.60 Å². The van der Waals surface area contributed by atoms with Crippen LogP contribution in [0.1, 0.15) is 73.1 Å². The van der Waals surface area contributed by atoms with Crippen LogP contribution in [0.5, 0.6) is 0 Å². The van der Waals surface area contributed by atoms with Gasteiger partial charge in [0.15, 0.2) is 5.78 Å². The second kappa shape index (κ2) is 6.54. The third-order valence-electron chi connectivity index (χ3n) is 4.20. The fraction of sp³-hybridized carbons (Fsp3) is 0.778. The minimum absolute atomic E-state index is 0.0799. The summed E-state index contributed by atoms with van der Waals surface area (Å²) in [6, 6.07) is 0.130. The fourth-order valence-electron chi connectivity index (χ4n) is 3.33. The van der Waals surface area contributed by atoms with Gasteiger partial charge in [0.25, 0.3) is 0 Å². The van der Waals surface area contributed by atoms with Gasteiger partial charge in [0, 0.05) is 18.2 Å². The van der Waals surface area contributed by atoms with E-state index in [9.17, 15) is 9.59 Å². The van der Waals surface area contributed by atoms with Crippen molar-refractivity contribution in [3.8, 4) is 0 Å². The lowest BCUT2D eigenvalue weighted by atomic mass is 9.79. The lowest BCUT2D eigenvalue weighted by molar-refractivity contribution is -0.117. The zero-order valence-corrected chi connectivity index (χ0v) is 15.1. The monoisotopic (exact) mass is 322 g/mol. The van der Waals surface area contributed by atoms with Gasteiger partial charge in [-0.3, -0.25) is 10.2 Å². The van der Waals surface area contributed by atoms with Crippen molar-refractivity contribution in [2.75, 3.05) is 0 Å². The molecule has 0 aromatic heterocycles. The molecule has 0 spiro atoms. The molecule has 0 radical (unpaired) electrons. The number of carbonyl (C=O) groups is 2. The van der Waals surface area contributed by atoms with Gasteiger partial charge >= 0.3 is 6.09 Å². The molecule has 1 N–H and O–H groups in total. The Morgan fingerprint density at radius 3 is 2.39 bits per heavy atom. The van der Waals surface area contributed by atoms with Gasteiger partial charge in [-0.05, 0) is 45.4 Å². The summed E-state index contributed by atoms with van der Waals surface area (Å²) in [7, 11) is 0. The summed E-state index contributed by atoms with van der Waals surface area (Å²) < 4.78 is 5.54. The average Bonchev–Trinajstić information content (AvgIpc) is 2.84. The summed E-state index contributed by atoms with van der Waals surface area (Å²) in [6.45, 7) is 9.75. The standard InChI is InChI=1S/C18H30N2O3/c1-17(2,3)23-16(22)20(14-8-6-7-9-14)19-13-10-15(21)12-18(4,5)11-13/h10,14,19H,6-9,11-12H2,1-5H3. The second-order valence-corrected chi connectivity index (χ2v) is 8.55. The molecule has 2 aliphatic rings. The van der Waals surface area contributed by atoms with Gasteiger partial charge in [-0.1, -0.05) is 26.7 Å². The van der Waals surface area contributed by atoms with Crippen LogP contribution in [0.25, 0.3) is 0 Å². The number of ether oxygens (including phenoxy) is 1. The van der Waals surface area contributed by atoms with E-state index in [0.29, 0.717) is 6.42 Å². The molecule has 1 saturated carbocycles. The molecule has 0 saturated heterocycles. The van der Waals surface area contributed by atoms with Gasteiger partial charge in [0.05, 0.1) is 6.04 Å². The first-order valence-corrected chi connectivity index (χ1v) is 8.58. The Morgan fingerprint density at radius 1 is 1.26 bits per heavy atom. The predicted octanol–water partition coefficient (Wildman–Crippen LogP) is 3.94. The first-order valence-electron chi connectivity index (χ1n) is 8.58. The van der Waals surface area contributed by atoms with Gasteiger partial charge in [-0.15, -0.1) is 0 Å². The van der Waals surface area contributed by atoms with Crippen LogP contribution in [-0.2, 0) is 9.53 Å². The molecule has 2 rings (SSSR count). The highest BCUT2D eigenvalue weighted by Gasteiger charge is 2.34. The molecular weight excluding hydrogens is 292 g/mol. The Kier molecular flexibility index (Phi) is 5.07. The van der Waals surface area contributed by atoms with Crippen LogP contribution >= 0.6 is 0 Å². The largest absolute Gasteiger partial charge is 0.442 e. The quantitative estimate of drug-likeness (QED) is 0.800. The lowest BCUT2D eigenvalue weighted by Gasteiger charge is -2.36. The zero-order chi connectivity index (χ0) is 17.3. The van der Waals surface area contributed by atoms with E-state index in [-0.39, 0.29) is 23.3 Å². The van der Waals surface area contributed by atoms with Crippen molar-refractivity contribution in [3.05, 3.63) is 11.8 Å². The minimum Gasteiger partial charge on any atom is -0.442 e. The van der Waals surface area contributed by atoms with E-state index in [2.05, 4.69) is 19.3 Å². The lowest BCUT2D eigenvalue weighted by Crippen LogP contribution is -2.51. The molecule has 1 fully saturated rings. The van der Waals surface area contributed by atoms with Crippen LogP contribution in [0, 0.1) is 5.41 Å². The molecule has 0 aliphatic heterocycles. The Labute approximate surface area is 139 Å². The van der Waals surface area contributed by atoms with E-state index in [0.717, 1.165) is 37.8 Å². The minimum atomic E-state index is -0.536. The third kappa shape index (κ3) is 5.26. The maximum atomic E-state index is 12.6. The summed E-state index contributed by atoms with van der Waals surface area (Å²) in [5, 5.41) is 1.61. The van der Waals surface area contributed by atoms with Gasteiger partial charge in [0.1, 0.15) is 5.60 Å². The van der Waals surface area contributed by atoms with Gasteiger partial charge in [-0.25, -0.2) is 9.80 Å². The molecule has 23 heavy (non-hydrogen) atoms. The molecule has 0 heterocycles. The summed E-state index contributed by atoms with van der Waals surface area (Å²) >= 11 is 0. The molecule has 5 heteroatoms. The number of ketones is 1. The first-order chi connectivity index (χ1) is 10.6. The molecular formula is C18H30N2O3. The molecule has 0 unspecified atom stereocenters. The maximum absolute atomic E-state index is 12.6. The molecule has 5 nitrogen and oxygen atoms in total. The number of allylic oxidation sites excluding steroid dienone is 2. The van der Waals surface area contributed by atoms with E-state index in [1.807, 2.05) is 20.8 Å². The average molecular weight is 322 g/mol. The molecule has 2 aliphatic carbocycles. The van der Waals surface area contributed by atoms with Crippen molar-refractivity contribution >= 4 is 11.9 Å². The van der Waals surface area contributed by atoms with Crippen LogP contribution in [0.2, 0.25) is 0 Å². The van der Waals surface area contributed by atoms with Crippen molar-refractivity contribution < 1.29 is 14.3 Å². The Morgan fingerprint density at radius 2 is 1.87 bits per heavy atom. The molecule has 130 valence electrons. The van der Waals surface area contributed by atoms with Gasteiger partial charge in [-0.2, -0.15) is 0 Å². The molecule has 0 atom stereocenters. The first kappa shape index (κ1) is 17.8. The highest BCUT2D eigenvalue weighted by molar-refractivity contribution is 5.91. The third-order valence-corrected chi connectivity index (χ3v) is 4.20. The number of nitrogens with one attached hydrogen (secondary N) is 1. The van der Waals surface area contributed by atoms with E-state index >= 15 is 0 Å². The Balaban J connectivity index is 2.14.